The number of rotatable bonds is 7. The second-order valence-electron chi connectivity index (χ2n) is 9.72. The topological polar surface area (TPSA) is 115 Å². The van der Waals surface area contributed by atoms with E-state index in [-0.39, 0.29) is 23.9 Å². The Hall–Kier alpha value is -4.47. The summed E-state index contributed by atoms with van der Waals surface area (Å²) in [5, 5.41) is 12.0. The molecule has 2 atom stereocenters. The smallest absolute Gasteiger partial charge is 0.219 e. The summed E-state index contributed by atoms with van der Waals surface area (Å²) >= 11 is 0. The maximum absolute atomic E-state index is 12.3. The maximum Gasteiger partial charge on any atom is 0.219 e. The summed E-state index contributed by atoms with van der Waals surface area (Å²) < 4.78 is 1.84. The SMILES string of the molecule is C=C[C@H]1CC[C@@H](c2nc(Nc3cccc(-c4cn(C(C)C)nn4)c3)cc(-c3cnccn3)n2)CN1C(C)=O. The molecule has 1 saturated heterocycles. The molecule has 1 aliphatic heterocycles. The Morgan fingerprint density at radius 1 is 1.13 bits per heavy atom. The number of aromatic nitrogens is 7. The summed E-state index contributed by atoms with van der Waals surface area (Å²) in [6.45, 7) is 10.2. The predicted octanol–water partition coefficient (Wildman–Crippen LogP) is 4.80. The van der Waals surface area contributed by atoms with Gasteiger partial charge in [0.15, 0.2) is 0 Å². The normalized spacial score (nSPS) is 17.4. The number of piperidine rings is 1. The minimum Gasteiger partial charge on any atom is -0.340 e. The second kappa shape index (κ2) is 10.9. The van der Waals surface area contributed by atoms with Gasteiger partial charge in [-0.1, -0.05) is 23.4 Å². The van der Waals surface area contributed by atoms with Crippen LogP contribution in [0.2, 0.25) is 0 Å². The van der Waals surface area contributed by atoms with E-state index in [0.717, 1.165) is 29.8 Å². The molecule has 3 aromatic heterocycles. The van der Waals surface area contributed by atoms with E-state index in [4.69, 9.17) is 9.97 Å². The summed E-state index contributed by atoms with van der Waals surface area (Å²) in [7, 11) is 0. The zero-order chi connectivity index (χ0) is 26.6. The lowest BCUT2D eigenvalue weighted by atomic mass is 9.91. The highest BCUT2D eigenvalue weighted by molar-refractivity contribution is 5.74. The van der Waals surface area contributed by atoms with E-state index in [9.17, 15) is 4.79 Å². The van der Waals surface area contributed by atoms with Crippen molar-refractivity contribution in [3.05, 3.63) is 73.6 Å². The van der Waals surface area contributed by atoms with Gasteiger partial charge in [0.05, 0.1) is 18.1 Å². The van der Waals surface area contributed by atoms with Gasteiger partial charge in [-0.15, -0.1) is 11.7 Å². The number of likely N-dealkylation sites (tertiary alicyclic amines) is 1. The Balaban J connectivity index is 1.48. The van der Waals surface area contributed by atoms with Crippen molar-refractivity contribution in [1.29, 1.82) is 0 Å². The highest BCUT2D eigenvalue weighted by Crippen LogP contribution is 2.32. The summed E-state index contributed by atoms with van der Waals surface area (Å²) in [6.07, 6.45) is 10.4. The van der Waals surface area contributed by atoms with Crippen LogP contribution in [0, 0.1) is 0 Å². The quantitative estimate of drug-likeness (QED) is 0.354. The van der Waals surface area contributed by atoms with Gasteiger partial charge in [0.25, 0.3) is 0 Å². The van der Waals surface area contributed by atoms with Gasteiger partial charge in [-0.25, -0.2) is 14.6 Å². The van der Waals surface area contributed by atoms with Gasteiger partial charge in [-0.2, -0.15) is 0 Å². The number of hydrogen-bond acceptors (Lipinski definition) is 8. The van der Waals surface area contributed by atoms with Crippen LogP contribution in [0.15, 0.2) is 67.8 Å². The first kappa shape index (κ1) is 25.2. The molecule has 0 bridgehead atoms. The molecule has 10 heteroatoms. The van der Waals surface area contributed by atoms with Crippen LogP contribution in [-0.4, -0.2) is 58.3 Å². The van der Waals surface area contributed by atoms with E-state index >= 15 is 0 Å². The number of carbonyl (C=O) groups is 1. The Morgan fingerprint density at radius 3 is 2.71 bits per heavy atom. The van der Waals surface area contributed by atoms with E-state index < -0.39 is 0 Å². The van der Waals surface area contributed by atoms with Crippen LogP contribution in [0.4, 0.5) is 11.5 Å². The molecule has 0 radical (unpaired) electrons. The average molecular weight is 510 g/mol. The number of carbonyl (C=O) groups excluding carboxylic acids is 1. The lowest BCUT2D eigenvalue weighted by molar-refractivity contribution is -0.131. The zero-order valence-electron chi connectivity index (χ0n) is 21.8. The first-order valence-electron chi connectivity index (χ1n) is 12.8. The van der Waals surface area contributed by atoms with Crippen LogP contribution in [0.5, 0.6) is 0 Å². The molecule has 1 aliphatic rings. The Morgan fingerprint density at radius 2 is 2.00 bits per heavy atom. The fourth-order valence-corrected chi connectivity index (χ4v) is 4.65. The summed E-state index contributed by atoms with van der Waals surface area (Å²) in [5.41, 5.74) is 3.93. The van der Waals surface area contributed by atoms with Crippen LogP contribution >= 0.6 is 0 Å². The monoisotopic (exact) mass is 509 g/mol. The standard InChI is InChI=1S/C28H31N9O/c1-5-23-10-9-21(16-36(23)19(4)38)28-32-24(25-15-29-11-12-30-25)14-27(33-28)31-22-8-6-7-20(13-22)26-17-37(18(2)3)35-34-26/h5-8,11-15,17-18,21,23H,1,9-10,16H2,2-4H3,(H,31,32,33)/t21-,23+/m1/s1. The van der Waals surface area contributed by atoms with E-state index in [1.54, 1.807) is 25.5 Å². The van der Waals surface area contributed by atoms with Gasteiger partial charge in [-0.3, -0.25) is 14.8 Å². The van der Waals surface area contributed by atoms with Crippen molar-refractivity contribution in [3.63, 3.8) is 0 Å². The molecular weight excluding hydrogens is 478 g/mol. The summed E-state index contributed by atoms with van der Waals surface area (Å²) in [6, 6.07) is 10.1. The van der Waals surface area contributed by atoms with E-state index in [1.807, 2.05) is 52.2 Å². The molecule has 5 rings (SSSR count). The molecule has 10 nitrogen and oxygen atoms in total. The Bertz CT molecular complexity index is 1430. The van der Waals surface area contributed by atoms with Crippen LogP contribution in [0.25, 0.3) is 22.6 Å². The number of nitrogens with one attached hydrogen (secondary N) is 1. The van der Waals surface area contributed by atoms with Gasteiger partial charge >= 0.3 is 0 Å². The molecule has 1 aromatic carbocycles. The van der Waals surface area contributed by atoms with Crippen molar-refractivity contribution in [1.82, 2.24) is 39.8 Å². The Labute approximate surface area is 221 Å². The van der Waals surface area contributed by atoms with Gasteiger partial charge in [-0.05, 0) is 38.8 Å². The lowest BCUT2D eigenvalue weighted by Gasteiger charge is -2.37. The van der Waals surface area contributed by atoms with Gasteiger partial charge < -0.3 is 10.2 Å². The fourth-order valence-electron chi connectivity index (χ4n) is 4.65. The molecule has 4 heterocycles. The number of nitrogens with zero attached hydrogens (tertiary/aromatic N) is 8. The number of amides is 1. The van der Waals surface area contributed by atoms with Crippen LogP contribution < -0.4 is 5.32 Å². The van der Waals surface area contributed by atoms with Crippen LogP contribution in [-0.2, 0) is 4.79 Å². The molecule has 0 unspecified atom stereocenters. The van der Waals surface area contributed by atoms with Crippen LogP contribution in [0.1, 0.15) is 51.4 Å². The molecule has 4 aromatic rings. The molecule has 194 valence electrons. The van der Waals surface area contributed by atoms with E-state index in [1.165, 1.54) is 0 Å². The van der Waals surface area contributed by atoms with E-state index in [0.29, 0.717) is 29.6 Å². The van der Waals surface area contributed by atoms with Crippen molar-refractivity contribution >= 4 is 17.4 Å². The predicted molar refractivity (Wildman–Crippen MR) is 146 cm³/mol. The van der Waals surface area contributed by atoms with Crippen molar-refractivity contribution in [2.75, 3.05) is 11.9 Å². The molecule has 0 aliphatic carbocycles. The highest BCUT2D eigenvalue weighted by Gasteiger charge is 2.31. The largest absolute Gasteiger partial charge is 0.340 e. The summed E-state index contributed by atoms with van der Waals surface area (Å²) in [5.74, 6) is 1.32. The number of hydrogen-bond donors (Lipinski definition) is 1. The van der Waals surface area contributed by atoms with E-state index in [2.05, 4.69) is 46.0 Å². The van der Waals surface area contributed by atoms with Gasteiger partial charge in [0, 0.05) is 61.2 Å². The van der Waals surface area contributed by atoms with Crippen LogP contribution in [0.3, 0.4) is 0 Å². The van der Waals surface area contributed by atoms with Gasteiger partial charge in [0.2, 0.25) is 5.91 Å². The highest BCUT2D eigenvalue weighted by atomic mass is 16.2. The van der Waals surface area contributed by atoms with Crippen molar-refractivity contribution in [2.45, 2.75) is 51.6 Å². The van der Waals surface area contributed by atoms with Gasteiger partial charge in [0.1, 0.15) is 23.0 Å². The number of anilines is 2. The molecule has 1 N–H and O–H groups in total. The third kappa shape index (κ3) is 5.44. The molecule has 0 saturated carbocycles. The third-order valence-electron chi connectivity index (χ3n) is 6.71. The summed E-state index contributed by atoms with van der Waals surface area (Å²) in [4.78, 5) is 32.6. The fraction of sp³-hybridized carbons (Fsp3) is 0.321. The maximum atomic E-state index is 12.3. The molecule has 38 heavy (non-hydrogen) atoms. The molecule has 0 spiro atoms. The lowest BCUT2D eigenvalue weighted by Crippen LogP contribution is -2.44. The minimum atomic E-state index is -0.00956. The van der Waals surface area contributed by atoms with Crippen molar-refractivity contribution in [3.8, 4) is 22.6 Å². The van der Waals surface area contributed by atoms with Crippen molar-refractivity contribution in [2.24, 2.45) is 0 Å². The second-order valence-corrected chi connectivity index (χ2v) is 9.72. The van der Waals surface area contributed by atoms with Crippen molar-refractivity contribution < 1.29 is 4.79 Å². The molecular formula is C28H31N9O. The molecule has 1 fully saturated rings. The first-order valence-corrected chi connectivity index (χ1v) is 12.8. The third-order valence-corrected chi connectivity index (χ3v) is 6.71. The minimum absolute atomic E-state index is 0.00956. The average Bonchev–Trinajstić information content (AvgIpc) is 3.44. The molecule has 1 amide bonds. The first-order chi connectivity index (χ1) is 18.4. The zero-order valence-corrected chi connectivity index (χ0v) is 21.8. The number of benzene rings is 1. The Kier molecular flexibility index (Phi) is 7.21.